The van der Waals surface area contributed by atoms with Crippen molar-refractivity contribution in [2.45, 2.75) is 6.92 Å². The third-order valence-electron chi connectivity index (χ3n) is 2.04. The monoisotopic (exact) mass is 221 g/mol. The van der Waals surface area contributed by atoms with Gasteiger partial charge in [0.1, 0.15) is 11.6 Å². The van der Waals surface area contributed by atoms with Crippen LogP contribution in [0.15, 0.2) is 6.07 Å². The first-order valence-corrected chi connectivity index (χ1v) is 4.78. The molecule has 0 aliphatic heterocycles. The number of nitriles is 1. The van der Waals surface area contributed by atoms with Crippen LogP contribution >= 0.6 is 0 Å². The molecular formula is C9H15N7. The molecule has 0 spiro atoms. The Kier molecular flexibility index (Phi) is 3.85. The summed E-state index contributed by atoms with van der Waals surface area (Å²) >= 11 is 0. The fourth-order valence-corrected chi connectivity index (χ4v) is 1.27. The van der Waals surface area contributed by atoms with Crippen LogP contribution in [0.2, 0.25) is 0 Å². The van der Waals surface area contributed by atoms with Crippen molar-refractivity contribution in [1.82, 2.24) is 9.97 Å². The third kappa shape index (κ3) is 2.96. The van der Waals surface area contributed by atoms with Crippen LogP contribution in [0.25, 0.3) is 0 Å². The number of nitrogens with zero attached hydrogens (tertiary/aromatic N) is 4. The van der Waals surface area contributed by atoms with Crippen LogP contribution in [0.3, 0.4) is 0 Å². The van der Waals surface area contributed by atoms with Gasteiger partial charge in [0.25, 0.3) is 0 Å². The van der Waals surface area contributed by atoms with Crippen molar-refractivity contribution in [3.8, 4) is 6.07 Å². The molecule has 1 rings (SSSR count). The summed E-state index contributed by atoms with van der Waals surface area (Å²) in [4.78, 5) is 9.76. The molecule has 1 aromatic heterocycles. The number of nitrogens with two attached hydrogens (primary N) is 2. The first-order valence-electron chi connectivity index (χ1n) is 4.78. The molecule has 0 aliphatic rings. The van der Waals surface area contributed by atoms with Gasteiger partial charge >= 0.3 is 0 Å². The van der Waals surface area contributed by atoms with Crippen LogP contribution in [0, 0.1) is 17.2 Å². The maximum absolute atomic E-state index is 8.72. The lowest BCUT2D eigenvalue weighted by Crippen LogP contribution is -2.25. The smallest absolute Gasteiger partial charge is 0.223 e. The van der Waals surface area contributed by atoms with Gasteiger partial charge in [-0.05, 0) is 6.92 Å². The molecule has 1 unspecified atom stereocenters. The summed E-state index contributed by atoms with van der Waals surface area (Å²) in [6, 6.07) is 3.82. The first-order chi connectivity index (χ1) is 7.56. The Bertz CT molecular complexity index is 397. The minimum absolute atomic E-state index is 0.0875. The Balaban J connectivity index is 2.87. The average molecular weight is 221 g/mol. The lowest BCUT2D eigenvalue weighted by atomic mass is 10.2. The molecule has 1 heterocycles. The van der Waals surface area contributed by atoms with Gasteiger partial charge in [0.2, 0.25) is 5.95 Å². The van der Waals surface area contributed by atoms with Crippen LogP contribution in [-0.2, 0) is 0 Å². The van der Waals surface area contributed by atoms with E-state index in [1.807, 2.05) is 18.9 Å². The second kappa shape index (κ2) is 5.14. The van der Waals surface area contributed by atoms with Gasteiger partial charge in [-0.2, -0.15) is 15.2 Å². The molecule has 0 amide bonds. The molecule has 7 nitrogen and oxygen atoms in total. The number of rotatable bonds is 4. The lowest BCUT2D eigenvalue weighted by molar-refractivity contribution is 0.710. The van der Waals surface area contributed by atoms with E-state index in [0.29, 0.717) is 18.2 Å². The number of nitrogen functional groups attached to an aromatic ring is 2. The SMILES string of the molecule is CC(C#N)CN(C)c1cc(NN)nc(N)n1. The van der Waals surface area contributed by atoms with Gasteiger partial charge in [-0.25, -0.2) is 5.84 Å². The molecule has 16 heavy (non-hydrogen) atoms. The molecule has 0 radical (unpaired) electrons. The normalized spacial score (nSPS) is 11.6. The Morgan fingerprint density at radius 2 is 2.31 bits per heavy atom. The number of hydrogen-bond donors (Lipinski definition) is 3. The number of nitrogens with one attached hydrogen (secondary N) is 1. The van der Waals surface area contributed by atoms with Gasteiger partial charge in [-0.1, -0.05) is 0 Å². The van der Waals surface area contributed by atoms with E-state index in [-0.39, 0.29) is 11.9 Å². The highest BCUT2D eigenvalue weighted by Crippen LogP contribution is 2.15. The Labute approximate surface area is 94.0 Å². The third-order valence-corrected chi connectivity index (χ3v) is 2.04. The number of anilines is 3. The summed E-state index contributed by atoms with van der Waals surface area (Å²) < 4.78 is 0. The zero-order valence-corrected chi connectivity index (χ0v) is 9.31. The summed E-state index contributed by atoms with van der Waals surface area (Å²) in [5.74, 6) is 6.37. The molecule has 1 atom stereocenters. The summed E-state index contributed by atoms with van der Waals surface area (Å²) in [7, 11) is 1.83. The van der Waals surface area contributed by atoms with E-state index >= 15 is 0 Å². The predicted molar refractivity (Wildman–Crippen MR) is 62.3 cm³/mol. The first kappa shape index (κ1) is 12.0. The molecule has 1 aromatic rings. The summed E-state index contributed by atoms with van der Waals surface area (Å²) in [6.45, 7) is 2.40. The van der Waals surface area contributed by atoms with E-state index in [9.17, 15) is 0 Å². The van der Waals surface area contributed by atoms with Gasteiger partial charge in [-0.3, -0.25) is 0 Å². The zero-order chi connectivity index (χ0) is 12.1. The van der Waals surface area contributed by atoms with Gasteiger partial charge in [0.05, 0.1) is 12.0 Å². The summed E-state index contributed by atoms with van der Waals surface area (Å²) in [5, 5.41) is 8.72. The molecule has 0 aliphatic carbocycles. The average Bonchev–Trinajstić information content (AvgIpc) is 2.27. The highest BCUT2D eigenvalue weighted by Gasteiger charge is 2.09. The largest absolute Gasteiger partial charge is 0.368 e. The van der Waals surface area contributed by atoms with Crippen molar-refractivity contribution in [3.63, 3.8) is 0 Å². The van der Waals surface area contributed by atoms with E-state index in [1.165, 1.54) is 0 Å². The molecule has 0 fully saturated rings. The molecule has 0 saturated heterocycles. The highest BCUT2D eigenvalue weighted by atomic mass is 15.3. The van der Waals surface area contributed by atoms with E-state index < -0.39 is 0 Å². The van der Waals surface area contributed by atoms with E-state index in [4.69, 9.17) is 16.8 Å². The van der Waals surface area contributed by atoms with E-state index in [2.05, 4.69) is 21.5 Å². The molecule has 0 aromatic carbocycles. The fraction of sp³-hybridized carbons (Fsp3) is 0.444. The molecular weight excluding hydrogens is 206 g/mol. The van der Waals surface area contributed by atoms with Gasteiger partial charge in [0.15, 0.2) is 0 Å². The van der Waals surface area contributed by atoms with Crippen LogP contribution < -0.4 is 21.9 Å². The summed E-state index contributed by atoms with van der Waals surface area (Å²) in [5.41, 5.74) is 7.93. The van der Waals surface area contributed by atoms with Crippen LogP contribution in [0.1, 0.15) is 6.92 Å². The van der Waals surface area contributed by atoms with Crippen molar-refractivity contribution < 1.29 is 0 Å². The van der Waals surface area contributed by atoms with Crippen LogP contribution in [0.4, 0.5) is 17.6 Å². The lowest BCUT2D eigenvalue weighted by Gasteiger charge is -2.19. The molecule has 0 bridgehead atoms. The van der Waals surface area contributed by atoms with Crippen molar-refractivity contribution in [1.29, 1.82) is 5.26 Å². The van der Waals surface area contributed by atoms with Gasteiger partial charge in [0, 0.05) is 19.7 Å². The maximum Gasteiger partial charge on any atom is 0.223 e. The minimum atomic E-state index is -0.0875. The molecule has 7 heteroatoms. The fourth-order valence-electron chi connectivity index (χ4n) is 1.27. The van der Waals surface area contributed by atoms with Crippen molar-refractivity contribution >= 4 is 17.6 Å². The quantitative estimate of drug-likeness (QED) is 0.481. The van der Waals surface area contributed by atoms with Crippen LogP contribution in [0.5, 0.6) is 0 Å². The highest BCUT2D eigenvalue weighted by molar-refractivity contribution is 5.51. The number of hydrazine groups is 1. The second-order valence-electron chi connectivity index (χ2n) is 3.52. The molecule has 0 saturated carbocycles. The Morgan fingerprint density at radius 1 is 1.62 bits per heavy atom. The summed E-state index contributed by atoms with van der Waals surface area (Å²) in [6.07, 6.45) is 0. The van der Waals surface area contributed by atoms with Crippen molar-refractivity contribution in [2.24, 2.45) is 11.8 Å². The molecule has 86 valence electrons. The Hall–Kier alpha value is -2.07. The van der Waals surface area contributed by atoms with Crippen molar-refractivity contribution in [3.05, 3.63) is 6.07 Å². The molecule has 5 N–H and O–H groups in total. The standard InChI is InChI=1S/C9H15N7/c1-6(4-10)5-16(2)8-3-7(15-12)13-9(11)14-8/h3,6H,5,12H2,1-2H3,(H3,11,13,14,15). The van der Waals surface area contributed by atoms with Crippen molar-refractivity contribution in [2.75, 3.05) is 29.7 Å². The predicted octanol–water partition coefficient (Wildman–Crippen LogP) is -0.0597. The van der Waals surface area contributed by atoms with E-state index in [0.717, 1.165) is 0 Å². The van der Waals surface area contributed by atoms with Gasteiger partial charge in [-0.15, -0.1) is 0 Å². The van der Waals surface area contributed by atoms with Crippen LogP contribution in [-0.4, -0.2) is 23.6 Å². The topological polar surface area (TPSA) is 117 Å². The van der Waals surface area contributed by atoms with E-state index in [1.54, 1.807) is 6.07 Å². The second-order valence-corrected chi connectivity index (χ2v) is 3.52. The zero-order valence-electron chi connectivity index (χ0n) is 9.31. The van der Waals surface area contributed by atoms with Gasteiger partial charge < -0.3 is 16.1 Å². The Morgan fingerprint density at radius 3 is 2.88 bits per heavy atom. The number of aromatic nitrogens is 2. The maximum atomic E-state index is 8.72. The minimum Gasteiger partial charge on any atom is -0.368 e. The number of hydrogen-bond acceptors (Lipinski definition) is 7.